The molecule has 2 unspecified atom stereocenters. The summed E-state index contributed by atoms with van der Waals surface area (Å²) in [5.41, 5.74) is 1.96. The summed E-state index contributed by atoms with van der Waals surface area (Å²) in [5.74, 6) is 0.779. The molecule has 2 aliphatic carbocycles. The van der Waals surface area contributed by atoms with Gasteiger partial charge in [-0.05, 0) is 53.9 Å². The Hall–Kier alpha value is -1.05. The van der Waals surface area contributed by atoms with Crippen molar-refractivity contribution in [2.24, 2.45) is 11.3 Å². The molecule has 0 saturated heterocycles. The molecular formula is C17H25FO. The standard InChI is InChI=1S/C17H25FO/c1-3-15(19)10-16-14(12-18)9-13-7-5-4-6-8-17(16,2)11-13/h3,10,13,19H,1,4-9,11-12H2,2H3/b15-10+. The summed E-state index contributed by atoms with van der Waals surface area (Å²) >= 11 is 0. The molecule has 1 fully saturated rings. The van der Waals surface area contributed by atoms with Gasteiger partial charge >= 0.3 is 0 Å². The summed E-state index contributed by atoms with van der Waals surface area (Å²) in [4.78, 5) is 0. The molecule has 1 N–H and O–H groups in total. The highest BCUT2D eigenvalue weighted by molar-refractivity contribution is 5.38. The number of fused-ring (bicyclic) bond motifs is 2. The minimum atomic E-state index is -0.387. The summed E-state index contributed by atoms with van der Waals surface area (Å²) in [6, 6.07) is 0. The highest BCUT2D eigenvalue weighted by Crippen LogP contribution is 2.50. The van der Waals surface area contributed by atoms with E-state index in [1.807, 2.05) is 0 Å². The average Bonchev–Trinajstić information content (AvgIpc) is 2.38. The smallest absolute Gasteiger partial charge is 0.115 e. The van der Waals surface area contributed by atoms with Gasteiger partial charge in [-0.1, -0.05) is 39.2 Å². The van der Waals surface area contributed by atoms with E-state index in [2.05, 4.69) is 13.5 Å². The average molecular weight is 264 g/mol. The Morgan fingerprint density at radius 1 is 1.47 bits per heavy atom. The summed E-state index contributed by atoms with van der Waals surface area (Å²) < 4.78 is 13.4. The van der Waals surface area contributed by atoms with Gasteiger partial charge in [0.2, 0.25) is 0 Å². The van der Waals surface area contributed by atoms with Crippen LogP contribution in [-0.4, -0.2) is 11.8 Å². The van der Waals surface area contributed by atoms with Crippen molar-refractivity contribution < 1.29 is 9.50 Å². The fourth-order valence-electron chi connectivity index (χ4n) is 3.88. The third-order valence-corrected chi connectivity index (χ3v) is 4.81. The Bertz CT molecular complexity index is 407. The van der Waals surface area contributed by atoms with E-state index < -0.39 is 0 Å². The number of aliphatic hydroxyl groups excluding tert-OH is 1. The van der Waals surface area contributed by atoms with Gasteiger partial charge in [0.1, 0.15) is 12.4 Å². The van der Waals surface area contributed by atoms with Crippen LogP contribution in [0.1, 0.15) is 51.9 Å². The van der Waals surface area contributed by atoms with Crippen LogP contribution in [0.4, 0.5) is 4.39 Å². The fraction of sp³-hybridized carbons (Fsp3) is 0.647. The second-order valence-corrected chi connectivity index (χ2v) is 6.36. The largest absolute Gasteiger partial charge is 0.508 e. The van der Waals surface area contributed by atoms with Gasteiger partial charge in [0.05, 0.1) is 0 Å². The predicted octanol–water partition coefficient (Wildman–Crippen LogP) is 5.26. The molecule has 0 aliphatic heterocycles. The SMILES string of the molecule is C=C/C(O)=C\C1=C(CF)CC2CCCCCC1(C)C2. The van der Waals surface area contributed by atoms with Crippen molar-refractivity contribution in [2.45, 2.75) is 51.9 Å². The second kappa shape index (κ2) is 5.94. The molecule has 0 amide bonds. The molecule has 0 radical (unpaired) electrons. The van der Waals surface area contributed by atoms with E-state index in [1.54, 1.807) is 6.08 Å². The minimum absolute atomic E-state index is 0.0295. The van der Waals surface area contributed by atoms with E-state index in [0.717, 1.165) is 30.4 Å². The lowest BCUT2D eigenvalue weighted by Gasteiger charge is -2.42. The molecule has 2 rings (SSSR count). The Morgan fingerprint density at radius 3 is 2.95 bits per heavy atom. The first-order valence-electron chi connectivity index (χ1n) is 7.40. The molecule has 0 aromatic rings. The van der Waals surface area contributed by atoms with Gasteiger partial charge in [-0.15, -0.1) is 0 Å². The molecule has 0 spiro atoms. The lowest BCUT2D eigenvalue weighted by atomic mass is 9.63. The fourth-order valence-corrected chi connectivity index (χ4v) is 3.88. The summed E-state index contributed by atoms with van der Waals surface area (Å²) in [6.07, 6.45) is 11.3. The highest BCUT2D eigenvalue weighted by Gasteiger charge is 2.37. The molecule has 2 heteroatoms. The molecule has 0 aromatic carbocycles. The third-order valence-electron chi connectivity index (χ3n) is 4.81. The summed E-state index contributed by atoms with van der Waals surface area (Å²) in [5, 5.41) is 9.75. The van der Waals surface area contributed by atoms with Gasteiger partial charge in [-0.25, -0.2) is 4.39 Å². The van der Waals surface area contributed by atoms with Crippen molar-refractivity contribution in [2.75, 3.05) is 6.67 Å². The Kier molecular flexibility index (Phi) is 4.49. The number of aliphatic hydroxyl groups is 1. The number of hydrogen-bond acceptors (Lipinski definition) is 1. The molecule has 1 nitrogen and oxygen atoms in total. The van der Waals surface area contributed by atoms with Crippen LogP contribution in [0, 0.1) is 11.3 Å². The lowest BCUT2D eigenvalue weighted by Crippen LogP contribution is -2.30. The van der Waals surface area contributed by atoms with Crippen molar-refractivity contribution in [3.05, 3.63) is 35.6 Å². The van der Waals surface area contributed by atoms with Crippen molar-refractivity contribution in [3.63, 3.8) is 0 Å². The first kappa shape index (κ1) is 14.4. The van der Waals surface area contributed by atoms with Gasteiger partial charge in [-0.3, -0.25) is 0 Å². The number of halogens is 1. The molecule has 0 heterocycles. The number of alkyl halides is 1. The quantitative estimate of drug-likeness (QED) is 0.544. The van der Waals surface area contributed by atoms with Gasteiger partial charge < -0.3 is 5.11 Å². The van der Waals surface area contributed by atoms with E-state index in [-0.39, 0.29) is 17.8 Å². The van der Waals surface area contributed by atoms with Gasteiger partial charge in [0.25, 0.3) is 0 Å². The Morgan fingerprint density at radius 2 is 2.26 bits per heavy atom. The monoisotopic (exact) mass is 264 g/mol. The Labute approximate surface area is 115 Å². The second-order valence-electron chi connectivity index (χ2n) is 6.36. The molecule has 0 aromatic heterocycles. The minimum Gasteiger partial charge on any atom is -0.508 e. The maximum atomic E-state index is 13.4. The molecule has 1 saturated carbocycles. The zero-order valence-electron chi connectivity index (χ0n) is 11.9. The number of allylic oxidation sites excluding steroid dienone is 4. The van der Waals surface area contributed by atoms with Crippen LogP contribution in [0.5, 0.6) is 0 Å². The van der Waals surface area contributed by atoms with Crippen LogP contribution in [0.3, 0.4) is 0 Å². The molecule has 19 heavy (non-hydrogen) atoms. The molecule has 2 atom stereocenters. The van der Waals surface area contributed by atoms with Crippen LogP contribution >= 0.6 is 0 Å². The van der Waals surface area contributed by atoms with Crippen LogP contribution < -0.4 is 0 Å². The lowest BCUT2D eigenvalue weighted by molar-refractivity contribution is 0.206. The van der Waals surface area contributed by atoms with E-state index in [9.17, 15) is 9.50 Å². The van der Waals surface area contributed by atoms with E-state index in [0.29, 0.717) is 5.92 Å². The van der Waals surface area contributed by atoms with Crippen LogP contribution in [-0.2, 0) is 0 Å². The molecule has 2 aliphatic rings. The van der Waals surface area contributed by atoms with Gasteiger partial charge in [-0.2, -0.15) is 0 Å². The summed E-state index contributed by atoms with van der Waals surface area (Å²) in [6.45, 7) is 5.43. The van der Waals surface area contributed by atoms with E-state index >= 15 is 0 Å². The third kappa shape index (κ3) is 3.10. The first-order chi connectivity index (χ1) is 9.09. The van der Waals surface area contributed by atoms with Crippen molar-refractivity contribution in [1.29, 1.82) is 0 Å². The zero-order chi connectivity index (χ0) is 13.9. The predicted molar refractivity (Wildman–Crippen MR) is 77.8 cm³/mol. The highest BCUT2D eigenvalue weighted by atomic mass is 19.1. The van der Waals surface area contributed by atoms with Gasteiger partial charge in [0.15, 0.2) is 0 Å². The molecular weight excluding hydrogens is 239 g/mol. The number of hydrogen-bond donors (Lipinski definition) is 1. The molecule has 106 valence electrons. The van der Waals surface area contributed by atoms with Crippen molar-refractivity contribution in [3.8, 4) is 0 Å². The van der Waals surface area contributed by atoms with Crippen LogP contribution in [0.25, 0.3) is 0 Å². The molecule has 2 bridgehead atoms. The van der Waals surface area contributed by atoms with Gasteiger partial charge in [0, 0.05) is 0 Å². The van der Waals surface area contributed by atoms with E-state index in [4.69, 9.17) is 0 Å². The van der Waals surface area contributed by atoms with Crippen molar-refractivity contribution >= 4 is 0 Å². The topological polar surface area (TPSA) is 20.2 Å². The van der Waals surface area contributed by atoms with Crippen LogP contribution in [0.15, 0.2) is 35.6 Å². The first-order valence-corrected chi connectivity index (χ1v) is 7.40. The maximum absolute atomic E-state index is 13.4. The number of rotatable bonds is 3. The maximum Gasteiger partial charge on any atom is 0.115 e. The Balaban J connectivity index is 2.42. The van der Waals surface area contributed by atoms with Crippen LogP contribution in [0.2, 0.25) is 0 Å². The van der Waals surface area contributed by atoms with E-state index in [1.165, 1.54) is 31.8 Å². The van der Waals surface area contributed by atoms with Crippen molar-refractivity contribution in [1.82, 2.24) is 0 Å². The summed E-state index contributed by atoms with van der Waals surface area (Å²) in [7, 11) is 0. The zero-order valence-corrected chi connectivity index (χ0v) is 11.9. The normalized spacial score (nSPS) is 32.7.